The van der Waals surface area contributed by atoms with Gasteiger partial charge in [-0.2, -0.15) is 0 Å². The highest BCUT2D eigenvalue weighted by molar-refractivity contribution is 5.38. The third-order valence-electron chi connectivity index (χ3n) is 3.25. The number of nitrogens with one attached hydrogen (secondary N) is 2. The molecule has 1 unspecified atom stereocenters. The Bertz CT molecular complexity index is 360. The Morgan fingerprint density at radius 3 is 2.30 bits per heavy atom. The van der Waals surface area contributed by atoms with Gasteiger partial charge in [-0.15, -0.1) is 0 Å². The zero-order valence-electron chi connectivity index (χ0n) is 13.2. The lowest BCUT2D eigenvalue weighted by molar-refractivity contribution is 0.393. The van der Waals surface area contributed by atoms with Gasteiger partial charge in [-0.25, -0.2) is 0 Å². The molecule has 0 saturated carbocycles. The molecule has 114 valence electrons. The van der Waals surface area contributed by atoms with Crippen LogP contribution in [0.1, 0.15) is 25.8 Å². The van der Waals surface area contributed by atoms with Gasteiger partial charge in [0, 0.05) is 18.7 Å². The van der Waals surface area contributed by atoms with Gasteiger partial charge in [0.1, 0.15) is 11.5 Å². The summed E-state index contributed by atoms with van der Waals surface area (Å²) in [6.07, 6.45) is 2.13. The second-order valence-electron chi connectivity index (χ2n) is 4.99. The number of ether oxygens (including phenoxy) is 2. The first-order valence-corrected chi connectivity index (χ1v) is 7.35. The minimum absolute atomic E-state index is 0.509. The van der Waals surface area contributed by atoms with Gasteiger partial charge in [0.25, 0.3) is 0 Å². The molecule has 0 aromatic heterocycles. The number of hydrogen-bond acceptors (Lipinski definition) is 4. The van der Waals surface area contributed by atoms with Crippen molar-refractivity contribution in [2.75, 3.05) is 33.9 Å². The number of rotatable bonds is 10. The maximum absolute atomic E-state index is 5.28. The molecule has 0 aliphatic carbocycles. The zero-order chi connectivity index (χ0) is 14.8. The molecule has 0 aliphatic rings. The Labute approximate surface area is 122 Å². The predicted octanol–water partition coefficient (Wildman–Crippen LogP) is 2.22. The van der Waals surface area contributed by atoms with Gasteiger partial charge in [0.05, 0.1) is 14.2 Å². The van der Waals surface area contributed by atoms with E-state index in [9.17, 15) is 0 Å². The summed E-state index contributed by atoms with van der Waals surface area (Å²) in [5.41, 5.74) is 1.25. The molecular formula is C16H28N2O2. The molecule has 0 aliphatic heterocycles. The van der Waals surface area contributed by atoms with Crippen molar-refractivity contribution in [3.8, 4) is 11.5 Å². The molecule has 0 saturated heterocycles. The Kier molecular flexibility index (Phi) is 8.07. The van der Waals surface area contributed by atoms with Crippen LogP contribution in [0.4, 0.5) is 0 Å². The predicted molar refractivity (Wildman–Crippen MR) is 83.9 cm³/mol. The summed E-state index contributed by atoms with van der Waals surface area (Å²) in [4.78, 5) is 0. The van der Waals surface area contributed by atoms with Crippen LogP contribution in [0.15, 0.2) is 18.2 Å². The molecule has 20 heavy (non-hydrogen) atoms. The fourth-order valence-electron chi connectivity index (χ4n) is 2.08. The molecule has 1 rings (SSSR count). The van der Waals surface area contributed by atoms with Crippen LogP contribution in [-0.4, -0.2) is 39.9 Å². The summed E-state index contributed by atoms with van der Waals surface area (Å²) < 4.78 is 10.6. The molecule has 0 heterocycles. The van der Waals surface area contributed by atoms with Gasteiger partial charge in [-0.1, -0.05) is 6.92 Å². The first-order chi connectivity index (χ1) is 9.69. The highest BCUT2D eigenvalue weighted by atomic mass is 16.5. The summed E-state index contributed by atoms with van der Waals surface area (Å²) >= 11 is 0. The van der Waals surface area contributed by atoms with E-state index in [4.69, 9.17) is 9.47 Å². The molecule has 0 amide bonds. The number of aryl methyl sites for hydroxylation is 1. The molecule has 1 atom stereocenters. The average Bonchev–Trinajstić information content (AvgIpc) is 2.49. The molecule has 0 fully saturated rings. The maximum Gasteiger partial charge on any atom is 0.122 e. The fraction of sp³-hybridized carbons (Fsp3) is 0.625. The summed E-state index contributed by atoms with van der Waals surface area (Å²) in [5, 5.41) is 6.86. The van der Waals surface area contributed by atoms with Crippen LogP contribution in [0.3, 0.4) is 0 Å². The molecule has 4 heteroatoms. The zero-order valence-corrected chi connectivity index (χ0v) is 13.2. The van der Waals surface area contributed by atoms with Crippen molar-refractivity contribution in [1.29, 1.82) is 0 Å². The third kappa shape index (κ3) is 6.26. The SMILES string of the molecule is CCNCC(C)NCCCc1cc(OC)cc(OC)c1. The Morgan fingerprint density at radius 2 is 1.75 bits per heavy atom. The van der Waals surface area contributed by atoms with Crippen molar-refractivity contribution in [1.82, 2.24) is 10.6 Å². The van der Waals surface area contributed by atoms with Gasteiger partial charge in [-0.3, -0.25) is 0 Å². The lowest BCUT2D eigenvalue weighted by Gasteiger charge is -2.14. The standard InChI is InChI=1S/C16H28N2O2/c1-5-17-12-13(2)18-8-6-7-14-9-15(19-3)11-16(10-14)20-4/h9-11,13,17-18H,5-8,12H2,1-4H3. The first kappa shape index (κ1) is 16.8. The van der Waals surface area contributed by atoms with Gasteiger partial charge in [-0.05, 0) is 50.6 Å². The van der Waals surface area contributed by atoms with Crippen LogP contribution >= 0.6 is 0 Å². The van der Waals surface area contributed by atoms with Crippen molar-refractivity contribution in [2.45, 2.75) is 32.7 Å². The Balaban J connectivity index is 2.34. The van der Waals surface area contributed by atoms with E-state index in [1.54, 1.807) is 14.2 Å². The first-order valence-electron chi connectivity index (χ1n) is 7.35. The van der Waals surface area contributed by atoms with Crippen molar-refractivity contribution in [3.05, 3.63) is 23.8 Å². The van der Waals surface area contributed by atoms with Gasteiger partial charge < -0.3 is 20.1 Å². The summed E-state index contributed by atoms with van der Waals surface area (Å²) in [5.74, 6) is 1.71. The van der Waals surface area contributed by atoms with Crippen molar-refractivity contribution >= 4 is 0 Å². The molecule has 1 aromatic rings. The fourth-order valence-corrected chi connectivity index (χ4v) is 2.08. The molecule has 4 nitrogen and oxygen atoms in total. The van der Waals surface area contributed by atoms with E-state index < -0.39 is 0 Å². The summed E-state index contributed by atoms with van der Waals surface area (Å²) in [6.45, 7) is 7.39. The lowest BCUT2D eigenvalue weighted by Crippen LogP contribution is -2.36. The minimum atomic E-state index is 0.509. The largest absolute Gasteiger partial charge is 0.497 e. The third-order valence-corrected chi connectivity index (χ3v) is 3.25. The summed E-state index contributed by atoms with van der Waals surface area (Å²) in [7, 11) is 3.37. The van der Waals surface area contributed by atoms with Crippen molar-refractivity contribution < 1.29 is 9.47 Å². The minimum Gasteiger partial charge on any atom is -0.497 e. The molecular weight excluding hydrogens is 252 g/mol. The Morgan fingerprint density at radius 1 is 1.10 bits per heavy atom. The van der Waals surface area contributed by atoms with E-state index in [2.05, 4.69) is 36.6 Å². The molecule has 0 radical (unpaired) electrons. The van der Waals surface area contributed by atoms with Crippen LogP contribution in [0.5, 0.6) is 11.5 Å². The van der Waals surface area contributed by atoms with Crippen LogP contribution in [0, 0.1) is 0 Å². The van der Waals surface area contributed by atoms with E-state index in [1.165, 1.54) is 5.56 Å². The second-order valence-corrected chi connectivity index (χ2v) is 4.99. The quantitative estimate of drug-likeness (QED) is 0.645. The highest BCUT2D eigenvalue weighted by Gasteiger charge is 2.03. The molecule has 0 spiro atoms. The van der Waals surface area contributed by atoms with Crippen molar-refractivity contribution in [3.63, 3.8) is 0 Å². The van der Waals surface area contributed by atoms with Crippen LogP contribution in [-0.2, 0) is 6.42 Å². The number of hydrogen-bond donors (Lipinski definition) is 2. The number of methoxy groups -OCH3 is 2. The van der Waals surface area contributed by atoms with Gasteiger partial charge >= 0.3 is 0 Å². The highest BCUT2D eigenvalue weighted by Crippen LogP contribution is 2.23. The lowest BCUT2D eigenvalue weighted by atomic mass is 10.1. The molecule has 1 aromatic carbocycles. The van der Waals surface area contributed by atoms with Crippen LogP contribution < -0.4 is 20.1 Å². The van der Waals surface area contributed by atoms with E-state index in [-0.39, 0.29) is 0 Å². The second kappa shape index (κ2) is 9.61. The molecule has 2 N–H and O–H groups in total. The van der Waals surface area contributed by atoms with Gasteiger partial charge in [0.2, 0.25) is 0 Å². The van der Waals surface area contributed by atoms with Gasteiger partial charge in [0.15, 0.2) is 0 Å². The number of likely N-dealkylation sites (N-methyl/N-ethyl adjacent to an activating group) is 1. The van der Waals surface area contributed by atoms with E-state index in [0.717, 1.165) is 44.0 Å². The Hall–Kier alpha value is -1.26. The van der Waals surface area contributed by atoms with Crippen LogP contribution in [0.25, 0.3) is 0 Å². The topological polar surface area (TPSA) is 42.5 Å². The monoisotopic (exact) mass is 280 g/mol. The average molecular weight is 280 g/mol. The maximum atomic E-state index is 5.28. The van der Waals surface area contributed by atoms with Crippen molar-refractivity contribution in [2.24, 2.45) is 0 Å². The van der Waals surface area contributed by atoms with E-state index in [0.29, 0.717) is 6.04 Å². The molecule has 0 bridgehead atoms. The van der Waals surface area contributed by atoms with E-state index >= 15 is 0 Å². The van der Waals surface area contributed by atoms with Crippen LogP contribution in [0.2, 0.25) is 0 Å². The summed E-state index contributed by atoms with van der Waals surface area (Å²) in [6, 6.07) is 6.56. The van der Waals surface area contributed by atoms with E-state index in [1.807, 2.05) is 6.07 Å². The normalized spacial score (nSPS) is 12.2. The smallest absolute Gasteiger partial charge is 0.122 e. The number of benzene rings is 1.